The lowest BCUT2D eigenvalue weighted by atomic mass is 10.2. The van der Waals surface area contributed by atoms with E-state index in [-0.39, 0.29) is 0 Å². The van der Waals surface area contributed by atoms with Gasteiger partial charge in [-0.3, -0.25) is 0 Å². The number of hydrogen-bond acceptors (Lipinski definition) is 3. The van der Waals surface area contributed by atoms with Crippen molar-refractivity contribution in [2.45, 2.75) is 0 Å². The molecule has 0 saturated heterocycles. The first-order valence-electron chi connectivity index (χ1n) is 4.68. The Bertz CT molecular complexity index is 546. The van der Waals surface area contributed by atoms with E-state index in [1.165, 1.54) is 0 Å². The van der Waals surface area contributed by atoms with Gasteiger partial charge < -0.3 is 5.32 Å². The first-order valence-corrected chi connectivity index (χ1v) is 5.06. The average molecular weight is 230 g/mol. The number of anilines is 2. The normalized spacial score (nSPS) is 9.50. The van der Waals surface area contributed by atoms with Gasteiger partial charge in [-0.1, -0.05) is 23.7 Å². The summed E-state index contributed by atoms with van der Waals surface area (Å²) < 4.78 is 0. The largest absolute Gasteiger partial charge is 0.338 e. The van der Waals surface area contributed by atoms with Gasteiger partial charge in [-0.15, -0.1) is 0 Å². The Morgan fingerprint density at radius 2 is 2.00 bits per heavy atom. The van der Waals surface area contributed by atoms with Crippen LogP contribution in [-0.2, 0) is 0 Å². The minimum atomic E-state index is 0.488. The maximum absolute atomic E-state index is 8.90. The second kappa shape index (κ2) is 4.65. The maximum atomic E-state index is 8.90. The predicted molar refractivity (Wildman–Crippen MR) is 63.7 cm³/mol. The molecule has 1 aromatic carbocycles. The molecule has 0 fully saturated rings. The third-order valence-electron chi connectivity index (χ3n) is 2.06. The highest BCUT2D eigenvalue weighted by Crippen LogP contribution is 2.24. The van der Waals surface area contributed by atoms with Gasteiger partial charge in [0, 0.05) is 6.20 Å². The lowest BCUT2D eigenvalue weighted by molar-refractivity contribution is 1.28. The number of nitrogens with one attached hydrogen (secondary N) is 1. The van der Waals surface area contributed by atoms with Crippen molar-refractivity contribution >= 4 is 23.1 Å². The summed E-state index contributed by atoms with van der Waals surface area (Å²) in [4.78, 5) is 4.09. The van der Waals surface area contributed by atoms with Crippen molar-refractivity contribution in [3.63, 3.8) is 0 Å². The van der Waals surface area contributed by atoms with Crippen molar-refractivity contribution in [3.05, 3.63) is 53.2 Å². The molecule has 4 heteroatoms. The Morgan fingerprint density at radius 1 is 1.19 bits per heavy atom. The number of para-hydroxylation sites is 1. The molecule has 0 bridgehead atoms. The van der Waals surface area contributed by atoms with E-state index in [4.69, 9.17) is 16.9 Å². The van der Waals surface area contributed by atoms with Crippen molar-refractivity contribution < 1.29 is 0 Å². The summed E-state index contributed by atoms with van der Waals surface area (Å²) in [6.45, 7) is 0. The number of aromatic nitrogens is 1. The van der Waals surface area contributed by atoms with Gasteiger partial charge in [0.1, 0.15) is 11.9 Å². The van der Waals surface area contributed by atoms with E-state index in [1.807, 2.05) is 18.2 Å². The minimum absolute atomic E-state index is 0.488. The Balaban J connectivity index is 2.35. The van der Waals surface area contributed by atoms with E-state index < -0.39 is 0 Å². The van der Waals surface area contributed by atoms with Crippen molar-refractivity contribution in [1.82, 2.24) is 4.98 Å². The molecule has 0 aliphatic rings. The fourth-order valence-electron chi connectivity index (χ4n) is 1.29. The molecule has 0 radical (unpaired) electrons. The van der Waals surface area contributed by atoms with Crippen LogP contribution in [0.15, 0.2) is 42.6 Å². The second-order valence-electron chi connectivity index (χ2n) is 3.12. The Hall–Kier alpha value is -2.05. The van der Waals surface area contributed by atoms with Crippen LogP contribution in [-0.4, -0.2) is 4.98 Å². The van der Waals surface area contributed by atoms with Gasteiger partial charge in [0.15, 0.2) is 0 Å². The van der Waals surface area contributed by atoms with Gasteiger partial charge >= 0.3 is 0 Å². The molecule has 1 heterocycles. The number of hydrogen-bond donors (Lipinski definition) is 1. The molecular formula is C12H8ClN3. The molecule has 0 unspecified atom stereocenters. The number of benzene rings is 1. The van der Waals surface area contributed by atoms with Gasteiger partial charge in [0.05, 0.1) is 16.3 Å². The minimum Gasteiger partial charge on any atom is -0.338 e. The molecule has 3 nitrogen and oxygen atoms in total. The molecule has 2 aromatic rings. The van der Waals surface area contributed by atoms with Crippen LogP contribution < -0.4 is 5.32 Å². The van der Waals surface area contributed by atoms with Crippen LogP contribution in [0.1, 0.15) is 5.56 Å². The zero-order valence-electron chi connectivity index (χ0n) is 8.31. The molecule has 16 heavy (non-hydrogen) atoms. The zero-order chi connectivity index (χ0) is 11.4. The lowest BCUT2D eigenvalue weighted by Crippen LogP contribution is -1.96. The first kappa shape index (κ1) is 10.5. The van der Waals surface area contributed by atoms with Gasteiger partial charge in [-0.2, -0.15) is 5.26 Å². The molecular weight excluding hydrogens is 222 g/mol. The lowest BCUT2D eigenvalue weighted by Gasteiger charge is -2.07. The van der Waals surface area contributed by atoms with Crippen molar-refractivity contribution in [2.24, 2.45) is 0 Å². The molecule has 78 valence electrons. The summed E-state index contributed by atoms with van der Waals surface area (Å²) >= 11 is 6.00. The highest BCUT2D eigenvalue weighted by molar-refractivity contribution is 6.33. The number of pyridine rings is 1. The molecule has 2 rings (SSSR count). The third-order valence-corrected chi connectivity index (χ3v) is 2.38. The van der Waals surface area contributed by atoms with Gasteiger partial charge in [-0.05, 0) is 24.3 Å². The quantitative estimate of drug-likeness (QED) is 0.859. The molecule has 0 saturated carbocycles. The standard InChI is InChI=1S/C12H8ClN3/c13-10-5-1-2-6-11(10)16-12-9(8-14)4-3-7-15-12/h1-7H,(H,15,16). The van der Waals surface area contributed by atoms with Gasteiger partial charge in [0.2, 0.25) is 0 Å². The van der Waals surface area contributed by atoms with E-state index in [1.54, 1.807) is 24.4 Å². The van der Waals surface area contributed by atoms with E-state index in [9.17, 15) is 0 Å². The summed E-state index contributed by atoms with van der Waals surface area (Å²) in [5, 5.41) is 12.5. The molecule has 0 atom stereocenters. The summed E-state index contributed by atoms with van der Waals surface area (Å²) in [6.07, 6.45) is 1.63. The maximum Gasteiger partial charge on any atom is 0.148 e. The predicted octanol–water partition coefficient (Wildman–Crippen LogP) is 3.35. The van der Waals surface area contributed by atoms with Gasteiger partial charge in [-0.25, -0.2) is 4.98 Å². The van der Waals surface area contributed by atoms with E-state index in [0.29, 0.717) is 16.4 Å². The first-order chi connectivity index (χ1) is 7.81. The Labute approximate surface area is 98.3 Å². The summed E-state index contributed by atoms with van der Waals surface area (Å²) in [7, 11) is 0. The summed E-state index contributed by atoms with van der Waals surface area (Å²) in [5.74, 6) is 0.512. The molecule has 0 aliphatic heterocycles. The smallest absolute Gasteiger partial charge is 0.148 e. The highest BCUT2D eigenvalue weighted by atomic mass is 35.5. The molecule has 0 spiro atoms. The van der Waals surface area contributed by atoms with Crippen LogP contribution in [0.5, 0.6) is 0 Å². The number of nitrogens with zero attached hydrogens (tertiary/aromatic N) is 2. The fourth-order valence-corrected chi connectivity index (χ4v) is 1.47. The Morgan fingerprint density at radius 3 is 2.75 bits per heavy atom. The van der Waals surface area contributed by atoms with Crippen LogP contribution >= 0.6 is 11.6 Å². The molecule has 0 amide bonds. The van der Waals surface area contributed by atoms with Crippen molar-refractivity contribution in [1.29, 1.82) is 5.26 Å². The van der Waals surface area contributed by atoms with Crippen LogP contribution in [0.4, 0.5) is 11.5 Å². The van der Waals surface area contributed by atoms with Gasteiger partial charge in [0.25, 0.3) is 0 Å². The van der Waals surface area contributed by atoms with E-state index in [0.717, 1.165) is 5.69 Å². The number of nitriles is 1. The Kier molecular flexibility index (Phi) is 3.04. The molecule has 1 N–H and O–H groups in total. The zero-order valence-corrected chi connectivity index (χ0v) is 9.07. The average Bonchev–Trinajstić information content (AvgIpc) is 2.33. The molecule has 1 aromatic heterocycles. The number of rotatable bonds is 2. The van der Waals surface area contributed by atoms with Crippen LogP contribution in [0.3, 0.4) is 0 Å². The van der Waals surface area contributed by atoms with Crippen LogP contribution in [0.25, 0.3) is 0 Å². The number of halogens is 1. The van der Waals surface area contributed by atoms with Crippen LogP contribution in [0, 0.1) is 11.3 Å². The molecule has 0 aliphatic carbocycles. The third kappa shape index (κ3) is 2.13. The monoisotopic (exact) mass is 229 g/mol. The van der Waals surface area contributed by atoms with Crippen molar-refractivity contribution in [2.75, 3.05) is 5.32 Å². The van der Waals surface area contributed by atoms with E-state index >= 15 is 0 Å². The summed E-state index contributed by atoms with van der Waals surface area (Å²) in [6, 6.07) is 12.8. The van der Waals surface area contributed by atoms with Crippen LogP contribution in [0.2, 0.25) is 5.02 Å². The van der Waals surface area contributed by atoms with E-state index in [2.05, 4.69) is 16.4 Å². The van der Waals surface area contributed by atoms with Crippen molar-refractivity contribution in [3.8, 4) is 6.07 Å². The summed E-state index contributed by atoms with van der Waals surface area (Å²) in [5.41, 5.74) is 1.22. The highest BCUT2D eigenvalue weighted by Gasteiger charge is 2.04. The fraction of sp³-hybridized carbons (Fsp3) is 0. The SMILES string of the molecule is N#Cc1cccnc1Nc1ccccc1Cl. The second-order valence-corrected chi connectivity index (χ2v) is 3.52. The topological polar surface area (TPSA) is 48.7 Å².